The number of ether oxygens (including phenoxy) is 1. The molecule has 1 fully saturated rings. The fourth-order valence-corrected chi connectivity index (χ4v) is 2.00. The Kier molecular flexibility index (Phi) is 2.53. The smallest absolute Gasteiger partial charge is 0.495 e. The summed E-state index contributed by atoms with van der Waals surface area (Å²) >= 11 is 0. The SMILES string of the molecule is [2H]C([2H])([2H])Oc1cc(F)cc(B2OC(C)(C)C(C)(C)O2)c1C. The van der Waals surface area contributed by atoms with Gasteiger partial charge in [0.1, 0.15) is 11.6 Å². The minimum Gasteiger partial charge on any atom is -0.496 e. The van der Waals surface area contributed by atoms with Gasteiger partial charge in [0.05, 0.1) is 22.4 Å². The van der Waals surface area contributed by atoms with E-state index in [1.54, 1.807) is 6.92 Å². The first-order chi connectivity index (χ1) is 9.82. The van der Waals surface area contributed by atoms with Crippen LogP contribution in [0, 0.1) is 12.7 Å². The van der Waals surface area contributed by atoms with Crippen LogP contribution in [0.1, 0.15) is 37.4 Å². The van der Waals surface area contributed by atoms with Gasteiger partial charge in [0.2, 0.25) is 0 Å². The molecule has 1 heterocycles. The molecule has 0 aromatic heterocycles. The molecule has 1 aromatic rings. The Morgan fingerprint density at radius 1 is 1.21 bits per heavy atom. The van der Waals surface area contributed by atoms with E-state index in [-0.39, 0.29) is 5.75 Å². The van der Waals surface area contributed by atoms with E-state index in [9.17, 15) is 4.39 Å². The molecule has 0 radical (unpaired) electrons. The number of halogens is 1. The third-order valence-electron chi connectivity index (χ3n) is 3.98. The zero-order valence-electron chi connectivity index (χ0n) is 14.8. The van der Waals surface area contributed by atoms with Gasteiger partial charge in [0.25, 0.3) is 0 Å². The molecule has 0 spiro atoms. The van der Waals surface area contributed by atoms with Crippen molar-refractivity contribution in [1.29, 1.82) is 0 Å². The molecule has 1 aliphatic rings. The molecule has 2 rings (SSSR count). The molecular weight excluding hydrogens is 246 g/mol. The van der Waals surface area contributed by atoms with E-state index in [2.05, 4.69) is 0 Å². The molecule has 0 N–H and O–H groups in total. The van der Waals surface area contributed by atoms with Crippen LogP contribution >= 0.6 is 0 Å². The van der Waals surface area contributed by atoms with Crippen molar-refractivity contribution in [2.45, 2.75) is 45.8 Å². The highest BCUT2D eigenvalue weighted by molar-refractivity contribution is 6.62. The second kappa shape index (κ2) is 4.49. The molecule has 3 nitrogen and oxygen atoms in total. The Balaban J connectivity index is 2.41. The lowest BCUT2D eigenvalue weighted by Gasteiger charge is -2.32. The predicted octanol–water partition coefficient (Wildman–Crippen LogP) is 2.44. The monoisotopic (exact) mass is 269 g/mol. The second-order valence-corrected chi connectivity index (χ2v) is 5.81. The van der Waals surface area contributed by atoms with Crippen LogP contribution in [0.15, 0.2) is 12.1 Å². The van der Waals surface area contributed by atoms with E-state index in [1.807, 2.05) is 27.7 Å². The molecule has 1 aliphatic heterocycles. The average Bonchev–Trinajstić information content (AvgIpc) is 2.50. The van der Waals surface area contributed by atoms with Gasteiger partial charge in [-0.3, -0.25) is 0 Å². The number of hydrogen-bond acceptors (Lipinski definition) is 3. The van der Waals surface area contributed by atoms with Crippen LogP contribution in [0.3, 0.4) is 0 Å². The lowest BCUT2D eigenvalue weighted by Crippen LogP contribution is -2.41. The Labute approximate surface area is 118 Å². The number of benzene rings is 1. The zero-order chi connectivity index (χ0) is 16.9. The minimum absolute atomic E-state index is 0.0373. The summed E-state index contributed by atoms with van der Waals surface area (Å²) in [6.45, 7) is 9.22. The number of methoxy groups -OCH3 is 1. The van der Waals surface area contributed by atoms with Gasteiger partial charge in [-0.1, -0.05) is 0 Å². The molecule has 0 aliphatic carbocycles. The lowest BCUT2D eigenvalue weighted by atomic mass is 9.76. The van der Waals surface area contributed by atoms with Gasteiger partial charge in [-0.05, 0) is 51.7 Å². The summed E-state index contributed by atoms with van der Waals surface area (Å²) in [6, 6.07) is 2.33. The number of hydrogen-bond donors (Lipinski definition) is 0. The van der Waals surface area contributed by atoms with Crippen molar-refractivity contribution in [1.82, 2.24) is 0 Å². The van der Waals surface area contributed by atoms with Crippen LogP contribution < -0.4 is 10.2 Å². The maximum absolute atomic E-state index is 13.8. The molecule has 1 aromatic carbocycles. The number of rotatable bonds is 2. The van der Waals surface area contributed by atoms with Crippen LogP contribution in [0.25, 0.3) is 0 Å². The van der Waals surface area contributed by atoms with Gasteiger partial charge >= 0.3 is 7.12 Å². The van der Waals surface area contributed by atoms with Crippen molar-refractivity contribution in [3.63, 3.8) is 0 Å². The molecule has 0 amide bonds. The summed E-state index contributed by atoms with van der Waals surface area (Å²) in [4.78, 5) is 0. The van der Waals surface area contributed by atoms with Crippen molar-refractivity contribution in [2.24, 2.45) is 0 Å². The zero-order valence-corrected chi connectivity index (χ0v) is 11.8. The molecule has 0 atom stereocenters. The van der Waals surface area contributed by atoms with E-state index < -0.39 is 31.2 Å². The molecule has 104 valence electrons. The van der Waals surface area contributed by atoms with Crippen LogP contribution in [-0.2, 0) is 9.31 Å². The van der Waals surface area contributed by atoms with Crippen LogP contribution in [0.2, 0.25) is 0 Å². The van der Waals surface area contributed by atoms with E-state index >= 15 is 0 Å². The van der Waals surface area contributed by atoms with Crippen molar-refractivity contribution in [3.05, 3.63) is 23.5 Å². The first kappa shape index (κ1) is 10.7. The normalized spacial score (nSPS) is 23.7. The maximum atomic E-state index is 13.8. The fraction of sp³-hybridized carbons (Fsp3) is 0.571. The van der Waals surface area contributed by atoms with Gasteiger partial charge in [-0.2, -0.15) is 0 Å². The van der Waals surface area contributed by atoms with Crippen molar-refractivity contribution < 1.29 is 22.5 Å². The Morgan fingerprint density at radius 3 is 2.32 bits per heavy atom. The summed E-state index contributed by atoms with van der Waals surface area (Å²) in [5, 5.41) is 0. The van der Waals surface area contributed by atoms with Gasteiger partial charge in [-0.15, -0.1) is 0 Å². The quantitative estimate of drug-likeness (QED) is 0.772. The first-order valence-corrected chi connectivity index (χ1v) is 6.17. The summed E-state index contributed by atoms with van der Waals surface area (Å²) in [7, 11) is -3.43. The molecular formula is C14H20BFO3. The third kappa shape index (κ3) is 2.37. The summed E-state index contributed by atoms with van der Waals surface area (Å²) < 4.78 is 52.0. The highest BCUT2D eigenvalue weighted by Gasteiger charge is 2.52. The second-order valence-electron chi connectivity index (χ2n) is 5.81. The van der Waals surface area contributed by atoms with Gasteiger partial charge < -0.3 is 14.0 Å². The summed E-state index contributed by atoms with van der Waals surface area (Å²) in [5.41, 5.74) is -0.225. The summed E-state index contributed by atoms with van der Waals surface area (Å²) in [5.74, 6) is -0.640. The lowest BCUT2D eigenvalue weighted by molar-refractivity contribution is 0.00578. The molecule has 0 bridgehead atoms. The molecule has 1 saturated heterocycles. The van der Waals surface area contributed by atoms with Gasteiger partial charge in [-0.25, -0.2) is 4.39 Å². The molecule has 5 heteroatoms. The average molecular weight is 269 g/mol. The van der Waals surface area contributed by atoms with Crippen molar-refractivity contribution in [3.8, 4) is 5.75 Å². The molecule has 0 unspecified atom stereocenters. The van der Waals surface area contributed by atoms with Crippen LogP contribution in [0.5, 0.6) is 5.75 Å². The van der Waals surface area contributed by atoms with Crippen molar-refractivity contribution in [2.75, 3.05) is 7.04 Å². The topological polar surface area (TPSA) is 27.7 Å². The van der Waals surface area contributed by atoms with Gasteiger partial charge in [0.15, 0.2) is 0 Å². The Bertz CT molecular complexity index is 571. The Morgan fingerprint density at radius 2 is 1.79 bits per heavy atom. The minimum atomic E-state index is -2.65. The van der Waals surface area contributed by atoms with E-state index in [0.29, 0.717) is 11.0 Å². The van der Waals surface area contributed by atoms with Crippen LogP contribution in [-0.4, -0.2) is 25.4 Å². The molecule has 19 heavy (non-hydrogen) atoms. The predicted molar refractivity (Wildman–Crippen MR) is 73.4 cm³/mol. The highest BCUT2D eigenvalue weighted by atomic mass is 19.1. The first-order valence-electron chi connectivity index (χ1n) is 7.67. The largest absolute Gasteiger partial charge is 0.496 e. The summed E-state index contributed by atoms with van der Waals surface area (Å²) in [6.07, 6.45) is 0. The van der Waals surface area contributed by atoms with Crippen LogP contribution in [0.4, 0.5) is 4.39 Å². The van der Waals surface area contributed by atoms with Crippen molar-refractivity contribution >= 4 is 12.6 Å². The van der Waals surface area contributed by atoms with E-state index in [1.165, 1.54) is 6.07 Å². The van der Waals surface area contributed by atoms with E-state index in [0.717, 1.165) is 6.07 Å². The third-order valence-corrected chi connectivity index (χ3v) is 3.98. The maximum Gasteiger partial charge on any atom is 0.495 e. The molecule has 0 saturated carbocycles. The Hall–Kier alpha value is -1.07. The van der Waals surface area contributed by atoms with Gasteiger partial charge in [0, 0.05) is 6.07 Å². The van der Waals surface area contributed by atoms with E-state index in [4.69, 9.17) is 18.2 Å². The fourth-order valence-electron chi connectivity index (χ4n) is 2.00. The highest BCUT2D eigenvalue weighted by Crippen LogP contribution is 2.37. The standard InChI is InChI=1S/C14H20BFO3/c1-9-11(7-10(16)8-12(9)17-6)15-18-13(2,3)14(4,5)19-15/h7-8H,1-6H3/i6D3.